The lowest BCUT2D eigenvalue weighted by atomic mass is 10.2. The topological polar surface area (TPSA) is 85.9 Å². The summed E-state index contributed by atoms with van der Waals surface area (Å²) < 4.78 is 46.2. The fraction of sp³-hybridized carbons (Fsp3) is 0.200. The van der Waals surface area contributed by atoms with Crippen LogP contribution in [0.5, 0.6) is 5.75 Å². The first-order valence-electron chi connectivity index (χ1n) is 11.1. The molecule has 4 amide bonds. The fourth-order valence-electron chi connectivity index (χ4n) is 3.79. The Morgan fingerprint density at radius 2 is 1.50 bits per heavy atom. The number of anilines is 4. The zero-order valence-electron chi connectivity index (χ0n) is 19.4. The molecule has 1 fully saturated rings. The number of nitrogens with one attached hydrogen (secondary N) is 3. The number of urea groups is 2. The van der Waals surface area contributed by atoms with Gasteiger partial charge in [0.2, 0.25) is 0 Å². The molecule has 3 aromatic carbocycles. The van der Waals surface area contributed by atoms with Gasteiger partial charge in [-0.25, -0.2) is 22.8 Å². The predicted molar refractivity (Wildman–Crippen MR) is 131 cm³/mol. The van der Waals surface area contributed by atoms with E-state index in [1.807, 2.05) is 12.1 Å². The van der Waals surface area contributed by atoms with Crippen molar-refractivity contribution in [2.45, 2.75) is 0 Å². The number of carbonyl (C=O) groups excluding carboxylic acids is 2. The molecule has 0 saturated carbocycles. The van der Waals surface area contributed by atoms with Gasteiger partial charge in [-0.15, -0.1) is 0 Å². The minimum atomic E-state index is -0.834. The van der Waals surface area contributed by atoms with Crippen LogP contribution < -0.4 is 25.6 Å². The van der Waals surface area contributed by atoms with Crippen molar-refractivity contribution in [1.82, 2.24) is 4.90 Å². The maximum Gasteiger partial charge on any atom is 0.323 e. The Morgan fingerprint density at radius 3 is 2.14 bits per heavy atom. The Labute approximate surface area is 205 Å². The van der Waals surface area contributed by atoms with Crippen LogP contribution in [0.4, 0.5) is 45.5 Å². The summed E-state index contributed by atoms with van der Waals surface area (Å²) in [6, 6.07) is 13.2. The Hall–Kier alpha value is -4.41. The van der Waals surface area contributed by atoms with Crippen molar-refractivity contribution in [2.75, 3.05) is 54.1 Å². The van der Waals surface area contributed by atoms with E-state index in [4.69, 9.17) is 4.74 Å². The van der Waals surface area contributed by atoms with Crippen LogP contribution in [0.1, 0.15) is 0 Å². The molecule has 0 unspecified atom stereocenters. The molecule has 0 bridgehead atoms. The van der Waals surface area contributed by atoms with Gasteiger partial charge in [0.15, 0.2) is 0 Å². The van der Waals surface area contributed by atoms with Gasteiger partial charge in [0.1, 0.15) is 28.9 Å². The van der Waals surface area contributed by atoms with Gasteiger partial charge in [-0.1, -0.05) is 6.07 Å². The lowest BCUT2D eigenvalue weighted by Crippen LogP contribution is -2.50. The van der Waals surface area contributed by atoms with Crippen LogP contribution in [0, 0.1) is 17.5 Å². The van der Waals surface area contributed by atoms with Crippen LogP contribution in [0.15, 0.2) is 60.7 Å². The summed E-state index contributed by atoms with van der Waals surface area (Å²) in [6.45, 7) is 1.75. The highest BCUT2D eigenvalue weighted by atomic mass is 19.1. The lowest BCUT2D eigenvalue weighted by Gasteiger charge is -2.36. The first-order valence-corrected chi connectivity index (χ1v) is 11.1. The number of hydrogen-bond acceptors (Lipinski definition) is 4. The number of carbonyl (C=O) groups is 2. The summed E-state index contributed by atoms with van der Waals surface area (Å²) in [5, 5.41) is 7.53. The third-order valence-corrected chi connectivity index (χ3v) is 5.66. The van der Waals surface area contributed by atoms with Gasteiger partial charge in [-0.05, 0) is 48.5 Å². The zero-order chi connectivity index (χ0) is 25.7. The molecule has 1 aliphatic rings. The average Bonchev–Trinajstić information content (AvgIpc) is 2.87. The van der Waals surface area contributed by atoms with E-state index < -0.39 is 35.2 Å². The van der Waals surface area contributed by atoms with Crippen molar-refractivity contribution in [3.8, 4) is 5.75 Å². The second-order valence-corrected chi connectivity index (χ2v) is 7.97. The van der Waals surface area contributed by atoms with E-state index in [9.17, 15) is 22.8 Å². The minimum absolute atomic E-state index is 0.200. The van der Waals surface area contributed by atoms with E-state index in [0.717, 1.165) is 23.9 Å². The van der Waals surface area contributed by atoms with Crippen LogP contribution in [-0.4, -0.2) is 50.3 Å². The fourth-order valence-corrected chi connectivity index (χ4v) is 3.79. The van der Waals surface area contributed by atoms with E-state index in [1.54, 1.807) is 12.1 Å². The molecule has 1 heterocycles. The number of benzene rings is 3. The zero-order valence-corrected chi connectivity index (χ0v) is 19.4. The van der Waals surface area contributed by atoms with E-state index >= 15 is 0 Å². The van der Waals surface area contributed by atoms with Crippen molar-refractivity contribution < 1.29 is 27.5 Å². The third-order valence-electron chi connectivity index (χ3n) is 5.66. The van der Waals surface area contributed by atoms with E-state index in [1.165, 1.54) is 30.2 Å². The molecule has 3 aromatic rings. The summed E-state index contributed by atoms with van der Waals surface area (Å²) in [4.78, 5) is 28.3. The molecule has 0 spiro atoms. The molecule has 8 nitrogen and oxygen atoms in total. The van der Waals surface area contributed by atoms with Crippen LogP contribution in [0.3, 0.4) is 0 Å². The molecule has 0 aromatic heterocycles. The highest BCUT2D eigenvalue weighted by Crippen LogP contribution is 2.26. The van der Waals surface area contributed by atoms with Gasteiger partial charge >= 0.3 is 12.1 Å². The molecule has 0 atom stereocenters. The van der Waals surface area contributed by atoms with Crippen molar-refractivity contribution in [1.29, 1.82) is 0 Å². The molecular weight excluding hydrogens is 475 g/mol. The van der Waals surface area contributed by atoms with Gasteiger partial charge in [0.05, 0.1) is 12.8 Å². The summed E-state index contributed by atoms with van der Waals surface area (Å²) in [5.41, 5.74) is 1.14. The molecule has 11 heteroatoms. The lowest BCUT2D eigenvalue weighted by molar-refractivity contribution is 0.208. The molecular formula is C25H24F3N5O3. The van der Waals surface area contributed by atoms with Crippen molar-refractivity contribution in [3.63, 3.8) is 0 Å². The summed E-state index contributed by atoms with van der Waals surface area (Å²) in [6.07, 6.45) is 0. The maximum absolute atomic E-state index is 13.8. The normalized spacial score (nSPS) is 13.2. The highest BCUT2D eigenvalue weighted by Gasteiger charge is 2.23. The van der Waals surface area contributed by atoms with Crippen molar-refractivity contribution >= 4 is 34.8 Å². The number of rotatable bonds is 5. The standard InChI is InChI=1S/C25H24F3N5O3/c1-36-22-10-5-16(26)15-21(22)30-24(34)29-17-6-8-18(9-7-17)32-11-13-33(14-12-32)25(35)31-23-19(27)3-2-4-20(23)28/h2-10,15H,11-14H2,1H3,(H,31,35)(H2,29,30,34). The van der Waals surface area contributed by atoms with Crippen molar-refractivity contribution in [3.05, 3.63) is 78.1 Å². The molecule has 188 valence electrons. The van der Waals surface area contributed by atoms with Gasteiger partial charge in [0.25, 0.3) is 0 Å². The highest BCUT2D eigenvalue weighted by molar-refractivity contribution is 6.00. The van der Waals surface area contributed by atoms with Crippen LogP contribution in [0.2, 0.25) is 0 Å². The Morgan fingerprint density at radius 1 is 0.833 bits per heavy atom. The monoisotopic (exact) mass is 499 g/mol. The second kappa shape index (κ2) is 10.9. The summed E-state index contributed by atoms with van der Waals surface area (Å²) in [7, 11) is 1.42. The molecule has 0 radical (unpaired) electrons. The van der Waals surface area contributed by atoms with E-state index in [-0.39, 0.29) is 5.69 Å². The minimum Gasteiger partial charge on any atom is -0.495 e. The smallest absolute Gasteiger partial charge is 0.323 e. The molecule has 1 saturated heterocycles. The molecule has 0 aliphatic carbocycles. The average molecular weight is 499 g/mol. The van der Waals surface area contributed by atoms with Crippen molar-refractivity contribution in [2.24, 2.45) is 0 Å². The quantitative estimate of drug-likeness (QED) is 0.456. The molecule has 36 heavy (non-hydrogen) atoms. The van der Waals surface area contributed by atoms with E-state index in [2.05, 4.69) is 20.9 Å². The number of ether oxygens (including phenoxy) is 1. The van der Waals surface area contributed by atoms with Crippen LogP contribution in [0.25, 0.3) is 0 Å². The number of para-hydroxylation sites is 1. The Bertz CT molecular complexity index is 1230. The largest absolute Gasteiger partial charge is 0.495 e. The Balaban J connectivity index is 1.29. The van der Waals surface area contributed by atoms with Crippen LogP contribution >= 0.6 is 0 Å². The maximum atomic E-state index is 13.8. The first-order chi connectivity index (χ1) is 17.3. The Kier molecular flexibility index (Phi) is 7.47. The van der Waals surface area contributed by atoms with Gasteiger partial charge in [-0.3, -0.25) is 0 Å². The third kappa shape index (κ3) is 5.80. The summed E-state index contributed by atoms with van der Waals surface area (Å²) >= 11 is 0. The van der Waals surface area contributed by atoms with Gasteiger partial charge in [0, 0.05) is 43.6 Å². The number of methoxy groups -OCH3 is 1. The molecule has 1 aliphatic heterocycles. The summed E-state index contributed by atoms with van der Waals surface area (Å²) in [5.74, 6) is -1.85. The number of amides is 4. The number of hydrogen-bond donors (Lipinski definition) is 3. The molecule has 3 N–H and O–H groups in total. The van der Waals surface area contributed by atoms with E-state index in [0.29, 0.717) is 37.6 Å². The second-order valence-electron chi connectivity index (χ2n) is 7.97. The number of halogens is 3. The number of piperazine rings is 1. The van der Waals surface area contributed by atoms with Gasteiger partial charge in [-0.2, -0.15) is 0 Å². The molecule has 4 rings (SSSR count). The van der Waals surface area contributed by atoms with Gasteiger partial charge < -0.3 is 30.5 Å². The number of nitrogens with zero attached hydrogens (tertiary/aromatic N) is 2. The SMILES string of the molecule is COc1ccc(F)cc1NC(=O)Nc1ccc(N2CCN(C(=O)Nc3c(F)cccc3F)CC2)cc1. The first kappa shape index (κ1) is 24.7. The predicted octanol–water partition coefficient (Wildman–Crippen LogP) is 5.11. The van der Waals surface area contributed by atoms with Crippen LogP contribution in [-0.2, 0) is 0 Å².